The molecule has 3 aromatic carbocycles. The number of hydrogen-bond acceptors (Lipinski definition) is 5. The molecule has 5 nitrogen and oxygen atoms in total. The first kappa shape index (κ1) is 21.5. The molecule has 1 amide bonds. The van der Waals surface area contributed by atoms with Crippen molar-refractivity contribution in [3.8, 4) is 11.5 Å². The van der Waals surface area contributed by atoms with Crippen molar-refractivity contribution in [3.63, 3.8) is 0 Å². The van der Waals surface area contributed by atoms with Crippen molar-refractivity contribution < 1.29 is 19.1 Å². The fraction of sp³-hybridized carbons (Fsp3) is 0.167. The van der Waals surface area contributed by atoms with Gasteiger partial charge in [-0.25, -0.2) is 0 Å². The summed E-state index contributed by atoms with van der Waals surface area (Å²) in [4.78, 5) is 25.8. The molecule has 0 bridgehead atoms. The number of hydrogen-bond donors (Lipinski definition) is 1. The number of anilines is 1. The van der Waals surface area contributed by atoms with Gasteiger partial charge in [0.25, 0.3) is 5.91 Å². The topological polar surface area (TPSA) is 64.6 Å². The number of methoxy groups -OCH3 is 1. The van der Waals surface area contributed by atoms with Gasteiger partial charge in [-0.15, -0.1) is 11.8 Å². The Kier molecular flexibility index (Phi) is 7.51. The molecule has 0 aromatic heterocycles. The third-order valence-electron chi connectivity index (χ3n) is 4.28. The van der Waals surface area contributed by atoms with Gasteiger partial charge >= 0.3 is 0 Å². The highest BCUT2D eigenvalue weighted by atomic mass is 32.2. The maximum absolute atomic E-state index is 12.5. The van der Waals surface area contributed by atoms with Crippen LogP contribution in [-0.2, 0) is 0 Å². The van der Waals surface area contributed by atoms with Gasteiger partial charge in [0.1, 0.15) is 11.5 Å². The largest absolute Gasteiger partial charge is 0.497 e. The van der Waals surface area contributed by atoms with Crippen molar-refractivity contribution in [1.82, 2.24) is 0 Å². The Labute approximate surface area is 180 Å². The third kappa shape index (κ3) is 5.87. The van der Waals surface area contributed by atoms with Gasteiger partial charge in [0, 0.05) is 21.7 Å². The minimum absolute atomic E-state index is 0.0360. The molecular weight excluding hydrogens is 398 g/mol. The zero-order valence-corrected chi connectivity index (χ0v) is 17.7. The average Bonchev–Trinajstić information content (AvgIpc) is 2.78. The number of Topliss-reactive ketones (excluding diaryl/α,β-unsaturated/α-hetero) is 1. The van der Waals surface area contributed by atoms with Crippen LogP contribution in [-0.4, -0.2) is 31.2 Å². The highest BCUT2D eigenvalue weighted by Crippen LogP contribution is 2.24. The molecule has 3 aromatic rings. The summed E-state index contributed by atoms with van der Waals surface area (Å²) in [7, 11) is 1.56. The Hall–Kier alpha value is -3.25. The van der Waals surface area contributed by atoms with E-state index in [0.717, 1.165) is 10.6 Å². The first-order valence-electron chi connectivity index (χ1n) is 9.53. The molecule has 0 fully saturated rings. The molecule has 0 spiro atoms. The molecule has 0 heterocycles. The molecule has 0 saturated carbocycles. The summed E-state index contributed by atoms with van der Waals surface area (Å²) < 4.78 is 10.6. The highest BCUT2D eigenvalue weighted by molar-refractivity contribution is 8.00. The second-order valence-electron chi connectivity index (χ2n) is 6.38. The number of carbonyl (C=O) groups excluding carboxylic acids is 2. The van der Waals surface area contributed by atoms with Gasteiger partial charge in [-0.1, -0.05) is 12.1 Å². The van der Waals surface area contributed by atoms with Gasteiger partial charge in [-0.3, -0.25) is 9.59 Å². The van der Waals surface area contributed by atoms with E-state index in [1.807, 2.05) is 31.2 Å². The van der Waals surface area contributed by atoms with Gasteiger partial charge in [0.2, 0.25) is 0 Å². The number of ether oxygens (including phenoxy) is 2. The molecule has 154 valence electrons. The summed E-state index contributed by atoms with van der Waals surface area (Å²) in [5, 5.41) is 2.88. The van der Waals surface area contributed by atoms with E-state index < -0.39 is 0 Å². The van der Waals surface area contributed by atoms with E-state index in [2.05, 4.69) is 5.32 Å². The van der Waals surface area contributed by atoms with E-state index >= 15 is 0 Å². The molecule has 0 saturated heterocycles. The Morgan fingerprint density at radius 2 is 1.67 bits per heavy atom. The molecule has 0 aliphatic carbocycles. The van der Waals surface area contributed by atoms with Crippen molar-refractivity contribution in [2.45, 2.75) is 11.8 Å². The van der Waals surface area contributed by atoms with Crippen LogP contribution in [0.5, 0.6) is 11.5 Å². The molecule has 3 rings (SSSR count). The SMILES string of the molecule is CCOc1ccc(C(=O)CSc2cccc(NC(=O)c3cccc(OC)c3)c2)cc1. The predicted octanol–water partition coefficient (Wildman–Crippen LogP) is 5.32. The first-order chi connectivity index (χ1) is 14.6. The summed E-state index contributed by atoms with van der Waals surface area (Å²) in [6, 6.07) is 21.6. The lowest BCUT2D eigenvalue weighted by molar-refractivity contribution is 0.101. The summed E-state index contributed by atoms with van der Waals surface area (Å²) in [6.45, 7) is 2.51. The molecule has 30 heavy (non-hydrogen) atoms. The Morgan fingerprint density at radius 1 is 0.900 bits per heavy atom. The fourth-order valence-corrected chi connectivity index (χ4v) is 3.62. The number of rotatable bonds is 9. The monoisotopic (exact) mass is 421 g/mol. The molecule has 1 N–H and O–H groups in total. The van der Waals surface area contributed by atoms with Crippen LogP contribution < -0.4 is 14.8 Å². The Morgan fingerprint density at radius 3 is 2.40 bits per heavy atom. The lowest BCUT2D eigenvalue weighted by Crippen LogP contribution is -2.11. The van der Waals surface area contributed by atoms with Crippen molar-refractivity contribution in [3.05, 3.63) is 83.9 Å². The quantitative estimate of drug-likeness (QED) is 0.374. The zero-order chi connectivity index (χ0) is 21.3. The second-order valence-corrected chi connectivity index (χ2v) is 7.43. The molecule has 0 aliphatic rings. The van der Waals surface area contributed by atoms with Gasteiger partial charge in [-0.2, -0.15) is 0 Å². The summed E-state index contributed by atoms with van der Waals surface area (Å²) in [5.41, 5.74) is 1.83. The molecule has 6 heteroatoms. The maximum atomic E-state index is 12.5. The van der Waals surface area contributed by atoms with Crippen LogP contribution >= 0.6 is 11.8 Å². The molecule has 0 atom stereocenters. The van der Waals surface area contributed by atoms with Gasteiger partial charge in [-0.05, 0) is 67.6 Å². The molecular formula is C24H23NO4S. The average molecular weight is 422 g/mol. The van der Waals surface area contributed by atoms with Gasteiger partial charge < -0.3 is 14.8 Å². The van der Waals surface area contributed by atoms with E-state index in [1.165, 1.54) is 11.8 Å². The van der Waals surface area contributed by atoms with E-state index in [1.54, 1.807) is 55.6 Å². The van der Waals surface area contributed by atoms with Crippen LogP contribution in [0.15, 0.2) is 77.7 Å². The molecule has 0 aliphatic heterocycles. The summed E-state index contributed by atoms with van der Waals surface area (Å²) in [5.74, 6) is 1.50. The van der Waals surface area contributed by atoms with Crippen molar-refractivity contribution >= 4 is 29.1 Å². The normalized spacial score (nSPS) is 10.3. The summed E-state index contributed by atoms with van der Waals surface area (Å²) in [6.07, 6.45) is 0. The van der Waals surface area contributed by atoms with Crippen LogP contribution in [0, 0.1) is 0 Å². The lowest BCUT2D eigenvalue weighted by atomic mass is 10.1. The van der Waals surface area contributed by atoms with Crippen LogP contribution in [0.3, 0.4) is 0 Å². The fourth-order valence-electron chi connectivity index (χ4n) is 2.77. The van der Waals surface area contributed by atoms with Crippen LogP contribution in [0.25, 0.3) is 0 Å². The van der Waals surface area contributed by atoms with Crippen molar-refractivity contribution in [1.29, 1.82) is 0 Å². The molecule has 0 radical (unpaired) electrons. The second kappa shape index (κ2) is 10.5. The summed E-state index contributed by atoms with van der Waals surface area (Å²) >= 11 is 1.43. The van der Waals surface area contributed by atoms with Crippen LogP contribution in [0.2, 0.25) is 0 Å². The van der Waals surface area contributed by atoms with E-state index in [0.29, 0.717) is 34.9 Å². The minimum Gasteiger partial charge on any atom is -0.497 e. The number of ketones is 1. The number of amides is 1. The lowest BCUT2D eigenvalue weighted by Gasteiger charge is -2.09. The standard InChI is InChI=1S/C24H23NO4S/c1-3-29-20-12-10-17(11-13-20)23(26)16-30-22-9-5-7-19(15-22)25-24(27)18-6-4-8-21(14-18)28-2/h4-15H,3,16H2,1-2H3,(H,25,27). The maximum Gasteiger partial charge on any atom is 0.255 e. The third-order valence-corrected chi connectivity index (χ3v) is 5.27. The smallest absolute Gasteiger partial charge is 0.255 e. The number of nitrogens with one attached hydrogen (secondary N) is 1. The van der Waals surface area contributed by atoms with Crippen LogP contribution in [0.1, 0.15) is 27.6 Å². The Bertz CT molecular complexity index is 1020. The van der Waals surface area contributed by atoms with E-state index in [9.17, 15) is 9.59 Å². The zero-order valence-electron chi connectivity index (χ0n) is 16.9. The highest BCUT2D eigenvalue weighted by Gasteiger charge is 2.10. The van der Waals surface area contributed by atoms with Gasteiger partial charge in [0.05, 0.1) is 19.5 Å². The van der Waals surface area contributed by atoms with Crippen LogP contribution in [0.4, 0.5) is 5.69 Å². The minimum atomic E-state index is -0.221. The molecule has 0 unspecified atom stereocenters. The predicted molar refractivity (Wildman–Crippen MR) is 120 cm³/mol. The van der Waals surface area contributed by atoms with E-state index in [4.69, 9.17) is 9.47 Å². The number of thioether (sulfide) groups is 1. The van der Waals surface area contributed by atoms with Crippen molar-refractivity contribution in [2.24, 2.45) is 0 Å². The van der Waals surface area contributed by atoms with E-state index in [-0.39, 0.29) is 11.7 Å². The van der Waals surface area contributed by atoms with Crippen molar-refractivity contribution in [2.75, 3.05) is 24.8 Å². The Balaban J connectivity index is 1.59. The number of carbonyl (C=O) groups is 2. The first-order valence-corrected chi connectivity index (χ1v) is 10.5. The number of benzene rings is 3. The van der Waals surface area contributed by atoms with Gasteiger partial charge in [0.15, 0.2) is 5.78 Å².